The van der Waals surface area contributed by atoms with Gasteiger partial charge >= 0.3 is 5.97 Å². The van der Waals surface area contributed by atoms with Crippen LogP contribution in [-0.2, 0) is 14.3 Å². The third-order valence-corrected chi connectivity index (χ3v) is 3.62. The van der Waals surface area contributed by atoms with Crippen LogP contribution in [0.4, 0.5) is 0 Å². The Morgan fingerprint density at radius 2 is 2.17 bits per heavy atom. The van der Waals surface area contributed by atoms with E-state index in [4.69, 9.17) is 4.74 Å². The largest absolute Gasteiger partial charge is 0.481 e. The molecule has 1 N–H and O–H groups in total. The van der Waals surface area contributed by atoms with E-state index in [-0.39, 0.29) is 17.9 Å². The minimum absolute atomic E-state index is 0.0593. The van der Waals surface area contributed by atoms with Crippen molar-refractivity contribution in [3.63, 3.8) is 0 Å². The fraction of sp³-hybridized carbons (Fsp3) is 0.846. The summed E-state index contributed by atoms with van der Waals surface area (Å²) in [6, 6.07) is -0.236. The topological polar surface area (TPSA) is 66.8 Å². The van der Waals surface area contributed by atoms with Crippen LogP contribution in [0.15, 0.2) is 0 Å². The predicted molar refractivity (Wildman–Crippen MR) is 67.2 cm³/mol. The Kier molecular flexibility index (Phi) is 5.59. The zero-order chi connectivity index (χ0) is 13.7. The zero-order valence-electron chi connectivity index (χ0n) is 11.4. The fourth-order valence-corrected chi connectivity index (χ4v) is 2.68. The highest BCUT2D eigenvalue weighted by atomic mass is 16.5. The summed E-state index contributed by atoms with van der Waals surface area (Å²) in [5.41, 5.74) is 0. The molecule has 1 amide bonds. The average Bonchev–Trinajstić information content (AvgIpc) is 2.26. The number of carbonyl (C=O) groups excluding carboxylic acids is 1. The Hall–Kier alpha value is -1.10. The van der Waals surface area contributed by atoms with Crippen molar-refractivity contribution < 1.29 is 19.4 Å². The van der Waals surface area contributed by atoms with Gasteiger partial charge in [-0.15, -0.1) is 0 Å². The quantitative estimate of drug-likeness (QED) is 0.730. The van der Waals surface area contributed by atoms with Crippen LogP contribution in [0.5, 0.6) is 0 Å². The Labute approximate surface area is 108 Å². The van der Waals surface area contributed by atoms with Gasteiger partial charge in [0.25, 0.3) is 0 Å². The van der Waals surface area contributed by atoms with Crippen molar-refractivity contribution in [1.29, 1.82) is 0 Å². The molecule has 1 heterocycles. The van der Waals surface area contributed by atoms with Crippen LogP contribution in [0.3, 0.4) is 0 Å². The number of carboxylic acids is 1. The summed E-state index contributed by atoms with van der Waals surface area (Å²) in [6.45, 7) is 7.45. The van der Waals surface area contributed by atoms with Crippen LogP contribution >= 0.6 is 0 Å². The molecule has 0 spiro atoms. The van der Waals surface area contributed by atoms with Crippen molar-refractivity contribution in [3.8, 4) is 0 Å². The van der Waals surface area contributed by atoms with Crippen LogP contribution < -0.4 is 0 Å². The van der Waals surface area contributed by atoms with Crippen LogP contribution in [0.25, 0.3) is 0 Å². The van der Waals surface area contributed by atoms with Crippen LogP contribution in [0.2, 0.25) is 0 Å². The van der Waals surface area contributed by atoms with Gasteiger partial charge in [-0.25, -0.2) is 0 Å². The molecule has 0 bridgehead atoms. The number of likely N-dealkylation sites (tertiary alicyclic amines) is 1. The molecule has 5 heteroatoms. The minimum Gasteiger partial charge on any atom is -0.481 e. The van der Waals surface area contributed by atoms with Gasteiger partial charge in [-0.1, -0.05) is 6.92 Å². The number of carboxylic acid groups (broad SMARTS) is 1. The lowest BCUT2D eigenvalue weighted by molar-refractivity contribution is -0.154. The van der Waals surface area contributed by atoms with E-state index < -0.39 is 11.9 Å². The monoisotopic (exact) mass is 257 g/mol. The molecule has 1 aliphatic heterocycles. The third-order valence-electron chi connectivity index (χ3n) is 3.62. The zero-order valence-corrected chi connectivity index (χ0v) is 11.4. The summed E-state index contributed by atoms with van der Waals surface area (Å²) < 4.78 is 5.24. The number of ether oxygens (including phenoxy) is 1. The van der Waals surface area contributed by atoms with Gasteiger partial charge < -0.3 is 14.7 Å². The normalized spacial score (nSPS) is 28.5. The maximum atomic E-state index is 11.9. The van der Waals surface area contributed by atoms with Crippen molar-refractivity contribution in [2.75, 3.05) is 19.8 Å². The van der Waals surface area contributed by atoms with Crippen molar-refractivity contribution >= 4 is 11.9 Å². The van der Waals surface area contributed by atoms with Gasteiger partial charge in [0.05, 0.1) is 5.92 Å². The summed E-state index contributed by atoms with van der Waals surface area (Å²) in [5, 5.41) is 9.23. The van der Waals surface area contributed by atoms with Gasteiger partial charge in [-0.2, -0.15) is 0 Å². The highest BCUT2D eigenvalue weighted by Gasteiger charge is 2.41. The van der Waals surface area contributed by atoms with E-state index in [0.29, 0.717) is 26.2 Å². The molecule has 0 radical (unpaired) electrons. The minimum atomic E-state index is -0.808. The fourth-order valence-electron chi connectivity index (χ4n) is 2.68. The van der Waals surface area contributed by atoms with Gasteiger partial charge in [0, 0.05) is 32.2 Å². The smallest absolute Gasteiger partial charge is 0.308 e. The Bertz CT molecular complexity index is 305. The number of rotatable bonds is 6. The first-order chi connectivity index (χ1) is 8.49. The van der Waals surface area contributed by atoms with Crippen molar-refractivity contribution in [1.82, 2.24) is 4.90 Å². The standard InChI is InChI=1S/C13H23NO4/c1-4-18-7-5-6-14-10(3)12(13(16)17)9(2)8-11(14)15/h9-10,12H,4-8H2,1-3H3,(H,16,17). The van der Waals surface area contributed by atoms with Gasteiger partial charge in [0.1, 0.15) is 0 Å². The highest BCUT2D eigenvalue weighted by Crippen LogP contribution is 2.30. The molecule has 0 saturated carbocycles. The van der Waals surface area contributed by atoms with E-state index in [1.54, 1.807) is 4.90 Å². The van der Waals surface area contributed by atoms with Gasteiger partial charge in [-0.3, -0.25) is 9.59 Å². The molecule has 0 aromatic carbocycles. The molecule has 1 saturated heterocycles. The molecule has 0 aromatic heterocycles. The average molecular weight is 257 g/mol. The van der Waals surface area contributed by atoms with E-state index in [9.17, 15) is 14.7 Å². The van der Waals surface area contributed by atoms with Crippen LogP contribution in [0, 0.1) is 11.8 Å². The molecule has 5 nitrogen and oxygen atoms in total. The summed E-state index contributed by atoms with van der Waals surface area (Å²) in [5.74, 6) is -1.30. The second-order valence-corrected chi connectivity index (χ2v) is 4.92. The molecule has 1 aliphatic rings. The SMILES string of the molecule is CCOCCCN1C(=O)CC(C)C(C(=O)O)C1C. The first kappa shape index (κ1) is 15.0. The number of nitrogens with zero attached hydrogens (tertiary/aromatic N) is 1. The molecule has 0 aliphatic carbocycles. The Morgan fingerprint density at radius 1 is 1.50 bits per heavy atom. The Balaban J connectivity index is 2.59. The predicted octanol–water partition coefficient (Wildman–Crippen LogP) is 1.37. The number of hydrogen-bond donors (Lipinski definition) is 1. The first-order valence-electron chi connectivity index (χ1n) is 6.59. The molecule has 0 aromatic rings. The maximum Gasteiger partial charge on any atom is 0.308 e. The van der Waals surface area contributed by atoms with Crippen LogP contribution in [-0.4, -0.2) is 47.7 Å². The van der Waals surface area contributed by atoms with E-state index in [1.165, 1.54) is 0 Å². The lowest BCUT2D eigenvalue weighted by Gasteiger charge is -2.40. The van der Waals surface area contributed by atoms with E-state index in [1.807, 2.05) is 20.8 Å². The molecular formula is C13H23NO4. The van der Waals surface area contributed by atoms with Crippen molar-refractivity contribution in [2.24, 2.45) is 11.8 Å². The van der Waals surface area contributed by atoms with Crippen LogP contribution in [0.1, 0.15) is 33.6 Å². The lowest BCUT2D eigenvalue weighted by Crippen LogP contribution is -2.53. The van der Waals surface area contributed by atoms with Crippen molar-refractivity contribution in [2.45, 2.75) is 39.7 Å². The number of aliphatic carboxylic acids is 1. The number of piperidine rings is 1. The first-order valence-corrected chi connectivity index (χ1v) is 6.59. The molecule has 3 unspecified atom stereocenters. The lowest BCUT2D eigenvalue weighted by atomic mass is 9.81. The molecule has 1 fully saturated rings. The maximum absolute atomic E-state index is 11.9. The van der Waals surface area contributed by atoms with Gasteiger partial charge in [0.15, 0.2) is 0 Å². The molecule has 1 rings (SSSR count). The Morgan fingerprint density at radius 3 is 2.72 bits per heavy atom. The van der Waals surface area contributed by atoms with Gasteiger partial charge in [0.2, 0.25) is 5.91 Å². The summed E-state index contributed by atoms with van der Waals surface area (Å²) in [7, 11) is 0. The second kappa shape index (κ2) is 6.73. The van der Waals surface area contributed by atoms with E-state index in [2.05, 4.69) is 0 Å². The number of hydrogen-bond acceptors (Lipinski definition) is 3. The molecule has 3 atom stereocenters. The third kappa shape index (κ3) is 3.45. The van der Waals surface area contributed by atoms with Gasteiger partial charge in [-0.05, 0) is 26.2 Å². The molecule has 18 heavy (non-hydrogen) atoms. The summed E-state index contributed by atoms with van der Waals surface area (Å²) in [6.07, 6.45) is 1.08. The summed E-state index contributed by atoms with van der Waals surface area (Å²) in [4.78, 5) is 24.9. The second-order valence-electron chi connectivity index (χ2n) is 4.92. The van der Waals surface area contributed by atoms with E-state index >= 15 is 0 Å². The number of carbonyl (C=O) groups is 2. The van der Waals surface area contributed by atoms with Crippen molar-refractivity contribution in [3.05, 3.63) is 0 Å². The highest BCUT2D eigenvalue weighted by molar-refractivity contribution is 5.81. The number of amides is 1. The molecular weight excluding hydrogens is 234 g/mol. The molecule has 104 valence electrons. The summed E-state index contributed by atoms with van der Waals surface area (Å²) >= 11 is 0. The van der Waals surface area contributed by atoms with E-state index in [0.717, 1.165) is 6.42 Å².